The van der Waals surface area contributed by atoms with Gasteiger partial charge in [-0.25, -0.2) is 8.42 Å². The number of carbonyl (C=O) groups is 1. The summed E-state index contributed by atoms with van der Waals surface area (Å²) >= 11 is 0. The summed E-state index contributed by atoms with van der Waals surface area (Å²) in [6.07, 6.45) is 6.76. The smallest absolute Gasteiger partial charge is 0.238 e. The highest BCUT2D eigenvalue weighted by atomic mass is 32.2. The number of aromatic nitrogens is 2. The van der Waals surface area contributed by atoms with E-state index in [1.807, 2.05) is 12.3 Å². The van der Waals surface area contributed by atoms with Crippen molar-refractivity contribution in [3.05, 3.63) is 18.5 Å². The summed E-state index contributed by atoms with van der Waals surface area (Å²) in [6.45, 7) is 1.86. The molecular formula is C15H23N3O4S. The van der Waals surface area contributed by atoms with E-state index < -0.39 is 15.6 Å². The molecular weight excluding hydrogens is 318 g/mol. The highest BCUT2D eigenvalue weighted by Gasteiger charge is 2.33. The lowest BCUT2D eigenvalue weighted by Crippen LogP contribution is -2.42. The number of sulfone groups is 1. The molecule has 0 saturated carbocycles. The van der Waals surface area contributed by atoms with Crippen molar-refractivity contribution in [2.45, 2.75) is 44.4 Å². The molecule has 2 fully saturated rings. The summed E-state index contributed by atoms with van der Waals surface area (Å²) in [5.41, 5.74) is 0. The maximum absolute atomic E-state index is 12.4. The molecule has 3 rings (SSSR count). The van der Waals surface area contributed by atoms with E-state index in [1.54, 1.807) is 15.8 Å². The van der Waals surface area contributed by atoms with Crippen LogP contribution in [-0.4, -0.2) is 65.8 Å². The zero-order chi connectivity index (χ0) is 16.3. The van der Waals surface area contributed by atoms with Gasteiger partial charge in [0.05, 0.1) is 24.4 Å². The molecule has 0 N–H and O–H groups in total. The molecule has 2 aliphatic heterocycles. The van der Waals surface area contributed by atoms with E-state index in [1.165, 1.54) is 0 Å². The van der Waals surface area contributed by atoms with E-state index in [0.717, 1.165) is 25.7 Å². The van der Waals surface area contributed by atoms with Crippen LogP contribution in [0, 0.1) is 0 Å². The minimum atomic E-state index is -3.43. The van der Waals surface area contributed by atoms with Gasteiger partial charge in [0.15, 0.2) is 9.84 Å². The summed E-state index contributed by atoms with van der Waals surface area (Å²) < 4.78 is 31.6. The second kappa shape index (κ2) is 7.00. The third kappa shape index (κ3) is 4.32. The molecule has 1 aromatic rings. The standard InChI is InChI=1S/C15H23N3O4S/c19-15(12-23(20,21)11-14-5-2-9-22-14)18-8-1-4-13(18)10-17-7-3-6-16-17/h3,6-7,13-14H,1-2,4-5,8-12H2/t13-,14-/m0/s1. The zero-order valence-electron chi connectivity index (χ0n) is 13.1. The van der Waals surface area contributed by atoms with Crippen molar-refractivity contribution >= 4 is 15.7 Å². The first-order valence-corrected chi connectivity index (χ1v) is 9.94. The van der Waals surface area contributed by atoms with E-state index in [-0.39, 0.29) is 23.8 Å². The number of carbonyl (C=O) groups excluding carboxylic acids is 1. The molecule has 8 heteroatoms. The Morgan fingerprint density at radius 2 is 2.17 bits per heavy atom. The number of likely N-dealkylation sites (tertiary alicyclic amines) is 1. The molecule has 1 amide bonds. The van der Waals surface area contributed by atoms with Crippen molar-refractivity contribution in [1.29, 1.82) is 0 Å². The average Bonchev–Trinajstić information content (AvgIpc) is 3.19. The summed E-state index contributed by atoms with van der Waals surface area (Å²) in [5, 5.41) is 4.16. The van der Waals surface area contributed by atoms with Gasteiger partial charge in [0, 0.05) is 25.5 Å². The molecule has 0 aromatic carbocycles. The van der Waals surface area contributed by atoms with Gasteiger partial charge >= 0.3 is 0 Å². The molecule has 7 nitrogen and oxygen atoms in total. The van der Waals surface area contributed by atoms with Crippen LogP contribution < -0.4 is 0 Å². The molecule has 0 spiro atoms. The van der Waals surface area contributed by atoms with E-state index in [9.17, 15) is 13.2 Å². The van der Waals surface area contributed by atoms with Crippen LogP contribution in [-0.2, 0) is 25.9 Å². The van der Waals surface area contributed by atoms with Crippen molar-refractivity contribution in [3.8, 4) is 0 Å². The molecule has 2 saturated heterocycles. The first kappa shape index (κ1) is 16.4. The van der Waals surface area contributed by atoms with Gasteiger partial charge < -0.3 is 9.64 Å². The minimum absolute atomic E-state index is 0.0281. The first-order chi connectivity index (χ1) is 11.0. The van der Waals surface area contributed by atoms with Gasteiger partial charge in [-0.3, -0.25) is 9.48 Å². The van der Waals surface area contributed by atoms with Gasteiger partial charge in [0.25, 0.3) is 0 Å². The minimum Gasteiger partial charge on any atom is -0.377 e. The summed E-state index contributed by atoms with van der Waals surface area (Å²) in [4.78, 5) is 14.2. The second-order valence-corrected chi connectivity index (χ2v) is 8.41. The summed E-state index contributed by atoms with van der Waals surface area (Å²) in [7, 11) is -3.43. The van der Waals surface area contributed by atoms with Crippen molar-refractivity contribution in [1.82, 2.24) is 14.7 Å². The average molecular weight is 341 g/mol. The lowest BCUT2D eigenvalue weighted by atomic mass is 10.2. The molecule has 3 heterocycles. The van der Waals surface area contributed by atoms with Gasteiger partial charge in [-0.15, -0.1) is 0 Å². The van der Waals surface area contributed by atoms with Crippen molar-refractivity contribution in [2.75, 3.05) is 24.7 Å². The fourth-order valence-corrected chi connectivity index (χ4v) is 4.86. The normalized spacial score (nSPS) is 25.1. The fraction of sp³-hybridized carbons (Fsp3) is 0.733. The maximum atomic E-state index is 12.4. The third-order valence-electron chi connectivity index (χ3n) is 4.46. The van der Waals surface area contributed by atoms with Gasteiger partial charge in [0.2, 0.25) is 5.91 Å². The lowest BCUT2D eigenvalue weighted by molar-refractivity contribution is -0.129. The molecule has 0 radical (unpaired) electrons. The van der Waals surface area contributed by atoms with E-state index in [4.69, 9.17) is 4.74 Å². The first-order valence-electron chi connectivity index (χ1n) is 8.12. The number of amides is 1. The van der Waals surface area contributed by atoms with E-state index in [0.29, 0.717) is 19.7 Å². The van der Waals surface area contributed by atoms with Crippen LogP contribution in [0.2, 0.25) is 0 Å². The lowest BCUT2D eigenvalue weighted by Gasteiger charge is -2.25. The Kier molecular flexibility index (Phi) is 5.01. The van der Waals surface area contributed by atoms with Crippen LogP contribution in [0.25, 0.3) is 0 Å². The number of hydrogen-bond acceptors (Lipinski definition) is 5. The monoisotopic (exact) mass is 341 g/mol. The van der Waals surface area contributed by atoms with Gasteiger partial charge in [-0.05, 0) is 31.7 Å². The van der Waals surface area contributed by atoms with E-state index >= 15 is 0 Å². The predicted molar refractivity (Wildman–Crippen MR) is 84.6 cm³/mol. The summed E-state index contributed by atoms with van der Waals surface area (Å²) in [5.74, 6) is -0.753. The Bertz CT molecular complexity index is 623. The quantitative estimate of drug-likeness (QED) is 0.751. The highest BCUT2D eigenvalue weighted by molar-refractivity contribution is 7.92. The van der Waals surface area contributed by atoms with Crippen molar-refractivity contribution in [2.24, 2.45) is 0 Å². The Labute approximate surface area is 136 Å². The van der Waals surface area contributed by atoms with Crippen LogP contribution in [0.4, 0.5) is 0 Å². The molecule has 2 aliphatic rings. The number of nitrogens with zero attached hydrogens (tertiary/aromatic N) is 3. The fourth-order valence-electron chi connectivity index (χ4n) is 3.37. The number of hydrogen-bond donors (Lipinski definition) is 0. The van der Waals surface area contributed by atoms with Crippen molar-refractivity contribution in [3.63, 3.8) is 0 Å². The van der Waals surface area contributed by atoms with Crippen molar-refractivity contribution < 1.29 is 17.9 Å². The SMILES string of the molecule is O=C(CS(=O)(=O)C[C@@H]1CCCO1)N1CCC[C@H]1Cn1cccn1. The van der Waals surface area contributed by atoms with E-state index in [2.05, 4.69) is 5.10 Å². The third-order valence-corrected chi connectivity index (χ3v) is 6.03. The van der Waals surface area contributed by atoms with Crippen LogP contribution in [0.5, 0.6) is 0 Å². The number of rotatable bonds is 6. The Balaban J connectivity index is 1.57. The Morgan fingerprint density at radius 1 is 1.30 bits per heavy atom. The van der Waals surface area contributed by atoms with Gasteiger partial charge in [-0.2, -0.15) is 5.10 Å². The predicted octanol–water partition coefficient (Wildman–Crippen LogP) is 0.468. The highest BCUT2D eigenvalue weighted by Crippen LogP contribution is 2.20. The van der Waals surface area contributed by atoms with Crippen LogP contribution in [0.1, 0.15) is 25.7 Å². The molecule has 23 heavy (non-hydrogen) atoms. The van der Waals surface area contributed by atoms with Crippen LogP contribution in [0.3, 0.4) is 0 Å². The molecule has 0 bridgehead atoms. The zero-order valence-corrected chi connectivity index (χ0v) is 14.0. The Hall–Kier alpha value is -1.41. The maximum Gasteiger partial charge on any atom is 0.238 e. The molecule has 128 valence electrons. The number of ether oxygens (including phenoxy) is 1. The van der Waals surface area contributed by atoms with Gasteiger partial charge in [-0.1, -0.05) is 0 Å². The van der Waals surface area contributed by atoms with Crippen LogP contribution >= 0.6 is 0 Å². The van der Waals surface area contributed by atoms with Crippen LogP contribution in [0.15, 0.2) is 18.5 Å². The molecule has 1 aromatic heterocycles. The molecule has 0 aliphatic carbocycles. The second-order valence-electron chi connectivity index (χ2n) is 6.30. The summed E-state index contributed by atoms with van der Waals surface area (Å²) in [6, 6.07) is 1.87. The molecule has 2 atom stereocenters. The largest absolute Gasteiger partial charge is 0.377 e. The van der Waals surface area contributed by atoms with Gasteiger partial charge in [0.1, 0.15) is 5.75 Å². The molecule has 0 unspecified atom stereocenters. The topological polar surface area (TPSA) is 81.5 Å². The Morgan fingerprint density at radius 3 is 2.87 bits per heavy atom.